The van der Waals surface area contributed by atoms with E-state index in [9.17, 15) is 0 Å². The number of hydrogen-bond donors (Lipinski definition) is 2. The molecule has 0 radical (unpaired) electrons. The van der Waals surface area contributed by atoms with Crippen LogP contribution < -0.4 is 10.2 Å². The molecule has 3 rings (SSSR count). The predicted octanol–water partition coefficient (Wildman–Crippen LogP) is 6.92. The highest BCUT2D eigenvalue weighted by Gasteiger charge is 2.22. The lowest BCUT2D eigenvalue weighted by Gasteiger charge is -2.31. The summed E-state index contributed by atoms with van der Waals surface area (Å²) in [6.45, 7) is 10.9. The quantitative estimate of drug-likeness (QED) is 0.284. The summed E-state index contributed by atoms with van der Waals surface area (Å²) >= 11 is 7.35. The van der Waals surface area contributed by atoms with Gasteiger partial charge in [-0.3, -0.25) is 0 Å². The molecule has 6 heteroatoms. The van der Waals surface area contributed by atoms with Crippen LogP contribution in [0.1, 0.15) is 77.6 Å². The molecule has 29 heavy (non-hydrogen) atoms. The van der Waals surface area contributed by atoms with E-state index in [0.717, 1.165) is 55.0 Å². The summed E-state index contributed by atoms with van der Waals surface area (Å²) in [4.78, 5) is 7.94. The Labute approximate surface area is 184 Å². The molecule has 1 aromatic carbocycles. The molecule has 0 amide bonds. The number of aromatic nitrogens is 1. The van der Waals surface area contributed by atoms with E-state index in [2.05, 4.69) is 50.0 Å². The first kappa shape index (κ1) is 22.2. The van der Waals surface area contributed by atoms with Crippen molar-refractivity contribution >= 4 is 55.8 Å². The highest BCUT2D eigenvalue weighted by Crippen LogP contribution is 2.38. The summed E-state index contributed by atoms with van der Waals surface area (Å²) in [5.41, 5.74) is 3.84. The summed E-state index contributed by atoms with van der Waals surface area (Å²) in [6.07, 6.45) is 7.82. The molecule has 0 unspecified atom stereocenters. The summed E-state index contributed by atoms with van der Waals surface area (Å²) in [5.74, 6) is 0. The minimum atomic E-state index is 0.0409. The molecule has 0 atom stereocenters. The maximum atomic E-state index is 8.36. The first-order valence-electron chi connectivity index (χ1n) is 10.9. The van der Waals surface area contributed by atoms with Gasteiger partial charge in [-0.2, -0.15) is 0 Å². The fraction of sp³-hybridized carbons (Fsp3) is 0.609. The van der Waals surface area contributed by atoms with E-state index >= 15 is 0 Å². The highest BCUT2D eigenvalue weighted by atomic mass is 32.1. The van der Waals surface area contributed by atoms with Crippen LogP contribution in [0.25, 0.3) is 10.2 Å². The Morgan fingerprint density at radius 2 is 1.93 bits per heavy atom. The molecule has 0 aliphatic carbocycles. The van der Waals surface area contributed by atoms with Crippen LogP contribution in [0.2, 0.25) is 0 Å². The topological polar surface area (TPSA) is 52.0 Å². The van der Waals surface area contributed by atoms with Gasteiger partial charge in [0.1, 0.15) is 4.99 Å². The zero-order valence-corrected chi connectivity index (χ0v) is 19.9. The number of thiocarbonyl (C=S) groups is 1. The fourth-order valence-electron chi connectivity index (χ4n) is 3.64. The molecule has 4 nitrogen and oxygen atoms in total. The average molecular weight is 431 g/mol. The molecule has 1 aliphatic rings. The Morgan fingerprint density at radius 3 is 2.59 bits per heavy atom. The van der Waals surface area contributed by atoms with Crippen molar-refractivity contribution in [3.8, 4) is 0 Å². The van der Waals surface area contributed by atoms with Gasteiger partial charge in [-0.05, 0) is 44.2 Å². The normalized spacial score (nSPS) is 15.0. The van der Waals surface area contributed by atoms with E-state index in [1.165, 1.54) is 29.6 Å². The van der Waals surface area contributed by atoms with Crippen molar-refractivity contribution in [2.75, 3.05) is 23.3 Å². The number of nitrogens with one attached hydrogen (secondary N) is 2. The molecule has 2 aromatic rings. The summed E-state index contributed by atoms with van der Waals surface area (Å²) in [7, 11) is 0. The van der Waals surface area contributed by atoms with Gasteiger partial charge in [0.05, 0.1) is 32.3 Å². The van der Waals surface area contributed by atoms with Gasteiger partial charge in [0.15, 0.2) is 0 Å². The molecule has 1 aromatic heterocycles. The summed E-state index contributed by atoms with van der Waals surface area (Å²) in [5, 5.41) is 12.9. The zero-order chi connectivity index (χ0) is 21.0. The minimum Gasteiger partial charge on any atom is -0.370 e. The van der Waals surface area contributed by atoms with E-state index < -0.39 is 0 Å². The second kappa shape index (κ2) is 9.52. The summed E-state index contributed by atoms with van der Waals surface area (Å²) < 4.78 is 1.18. The van der Waals surface area contributed by atoms with Crippen molar-refractivity contribution in [3.63, 3.8) is 0 Å². The molecule has 0 spiro atoms. The number of hydrogen-bond acceptors (Lipinski definition) is 5. The lowest BCUT2D eigenvalue weighted by Crippen LogP contribution is -2.31. The van der Waals surface area contributed by atoms with Gasteiger partial charge in [0, 0.05) is 18.5 Å². The second-order valence-electron chi connectivity index (χ2n) is 9.04. The van der Waals surface area contributed by atoms with Crippen molar-refractivity contribution in [2.24, 2.45) is 0 Å². The zero-order valence-electron chi connectivity index (χ0n) is 18.2. The number of thiazole rings is 1. The largest absolute Gasteiger partial charge is 0.370 e. The Kier molecular flexibility index (Phi) is 7.28. The fourth-order valence-corrected chi connectivity index (χ4v) is 4.90. The van der Waals surface area contributed by atoms with Gasteiger partial charge >= 0.3 is 0 Å². The van der Waals surface area contributed by atoms with E-state index in [4.69, 9.17) is 22.6 Å². The van der Waals surface area contributed by atoms with Crippen molar-refractivity contribution in [2.45, 2.75) is 78.1 Å². The van der Waals surface area contributed by atoms with Crippen LogP contribution in [0.3, 0.4) is 0 Å². The van der Waals surface area contributed by atoms with Crippen LogP contribution in [0, 0.1) is 5.41 Å². The van der Waals surface area contributed by atoms with Crippen molar-refractivity contribution in [1.29, 1.82) is 5.41 Å². The van der Waals surface area contributed by atoms with Crippen LogP contribution in [0.4, 0.5) is 11.4 Å². The highest BCUT2D eigenvalue weighted by molar-refractivity contribution is 7.82. The second-order valence-corrected chi connectivity index (χ2v) is 10.5. The molecule has 1 fully saturated rings. The van der Waals surface area contributed by atoms with Crippen molar-refractivity contribution < 1.29 is 0 Å². The third-order valence-electron chi connectivity index (χ3n) is 5.40. The third-order valence-corrected chi connectivity index (χ3v) is 7.19. The molecule has 2 N–H and O–H groups in total. The standard InChI is InChI=1S/C23H34N4S2/c1-5-6-8-11-16(24)21(28)25-17-15-20-18(26-22(29-20)23(2,3)4)14-19(17)27-12-9-7-10-13-27/h14-15,24H,5-13H2,1-4H3,(H,25,28). The first-order chi connectivity index (χ1) is 13.8. The Morgan fingerprint density at radius 1 is 1.21 bits per heavy atom. The molecule has 0 saturated carbocycles. The van der Waals surface area contributed by atoms with Crippen LogP contribution in [0.5, 0.6) is 0 Å². The third kappa shape index (κ3) is 5.54. The molecule has 158 valence electrons. The van der Waals surface area contributed by atoms with Gasteiger partial charge < -0.3 is 15.6 Å². The van der Waals surface area contributed by atoms with E-state index in [1.54, 1.807) is 11.3 Å². The molecule has 0 bridgehead atoms. The lowest BCUT2D eigenvalue weighted by molar-refractivity contribution is 0.578. The number of anilines is 2. The number of nitrogens with zero attached hydrogens (tertiary/aromatic N) is 2. The lowest BCUT2D eigenvalue weighted by atomic mass is 9.98. The molecule has 1 aliphatic heterocycles. The monoisotopic (exact) mass is 430 g/mol. The molecular formula is C23H34N4S2. The van der Waals surface area contributed by atoms with Gasteiger partial charge in [-0.15, -0.1) is 11.3 Å². The maximum absolute atomic E-state index is 8.36. The number of unbranched alkanes of at least 4 members (excludes halogenated alkanes) is 2. The first-order valence-corrected chi connectivity index (χ1v) is 12.1. The van der Waals surface area contributed by atoms with Crippen LogP contribution in [0.15, 0.2) is 12.1 Å². The van der Waals surface area contributed by atoms with Crippen LogP contribution in [-0.2, 0) is 5.41 Å². The number of rotatable bonds is 7. The number of fused-ring (bicyclic) bond motifs is 1. The van der Waals surface area contributed by atoms with Crippen molar-refractivity contribution in [1.82, 2.24) is 4.98 Å². The molecule has 1 saturated heterocycles. The van der Waals surface area contributed by atoms with Gasteiger partial charge in [0.2, 0.25) is 0 Å². The number of benzene rings is 1. The van der Waals surface area contributed by atoms with E-state index in [-0.39, 0.29) is 5.41 Å². The van der Waals surface area contributed by atoms with E-state index in [0.29, 0.717) is 10.7 Å². The van der Waals surface area contributed by atoms with Crippen LogP contribution >= 0.6 is 23.6 Å². The molecule has 2 heterocycles. The minimum absolute atomic E-state index is 0.0409. The maximum Gasteiger partial charge on any atom is 0.124 e. The van der Waals surface area contributed by atoms with Gasteiger partial charge in [0.25, 0.3) is 0 Å². The van der Waals surface area contributed by atoms with Gasteiger partial charge in [-0.25, -0.2) is 4.98 Å². The Hall–Kier alpha value is -1.53. The van der Waals surface area contributed by atoms with E-state index in [1.807, 2.05) is 0 Å². The number of piperidine rings is 1. The van der Waals surface area contributed by atoms with Gasteiger partial charge in [-0.1, -0.05) is 52.8 Å². The molecular weight excluding hydrogens is 396 g/mol. The smallest absolute Gasteiger partial charge is 0.124 e. The average Bonchev–Trinajstić information content (AvgIpc) is 3.11. The Bertz CT molecular complexity index is 873. The summed E-state index contributed by atoms with van der Waals surface area (Å²) in [6, 6.07) is 4.41. The Balaban J connectivity index is 1.92. The van der Waals surface area contributed by atoms with Crippen LogP contribution in [-0.4, -0.2) is 28.8 Å². The van der Waals surface area contributed by atoms with Crippen molar-refractivity contribution in [3.05, 3.63) is 17.1 Å². The SMILES string of the molecule is CCCCCC(=N)C(=S)Nc1cc2sc(C(C)(C)C)nc2cc1N1CCCCC1. The predicted molar refractivity (Wildman–Crippen MR) is 132 cm³/mol.